The third-order valence-corrected chi connectivity index (χ3v) is 17.7. The van der Waals surface area contributed by atoms with Crippen LogP contribution < -0.4 is 0 Å². The molecule has 0 N–H and O–H groups in total. The highest BCUT2D eigenvalue weighted by atomic mass is 28.3. The zero-order valence-corrected chi connectivity index (χ0v) is 18.6. The van der Waals surface area contributed by atoms with Crippen molar-refractivity contribution >= 4 is 8.07 Å². The van der Waals surface area contributed by atoms with E-state index in [1.807, 2.05) is 0 Å². The lowest BCUT2D eigenvalue weighted by Gasteiger charge is -2.65. The van der Waals surface area contributed by atoms with E-state index in [9.17, 15) is 0 Å². The summed E-state index contributed by atoms with van der Waals surface area (Å²) in [4.78, 5) is 0. The van der Waals surface area contributed by atoms with E-state index in [2.05, 4.69) is 34.2 Å². The predicted molar refractivity (Wildman–Crippen MR) is 110 cm³/mol. The van der Waals surface area contributed by atoms with Gasteiger partial charge in [0.2, 0.25) is 0 Å². The van der Waals surface area contributed by atoms with Crippen molar-refractivity contribution in [3.8, 4) is 0 Å². The SMILES string of the molecule is CC1CC2CC(C(C)(C)C)CCC2C1[Si]1(C)C2CCCC3CCC1C32. The first-order valence-corrected chi connectivity index (χ1v) is 14.5. The smallest absolute Gasteiger partial charge is 0.0609 e. The number of hydrogen-bond acceptors (Lipinski definition) is 0. The first-order chi connectivity index (χ1) is 11.8. The van der Waals surface area contributed by atoms with Crippen LogP contribution in [0.4, 0.5) is 0 Å². The van der Waals surface area contributed by atoms with Gasteiger partial charge >= 0.3 is 0 Å². The van der Waals surface area contributed by atoms with E-state index < -0.39 is 8.07 Å². The Labute approximate surface area is 157 Å². The Kier molecular flexibility index (Phi) is 3.89. The maximum absolute atomic E-state index is 2.94. The van der Waals surface area contributed by atoms with Gasteiger partial charge in [-0.2, -0.15) is 0 Å². The average molecular weight is 359 g/mol. The summed E-state index contributed by atoms with van der Waals surface area (Å²) in [6, 6.07) is 0. The highest BCUT2D eigenvalue weighted by Crippen LogP contribution is 2.76. The van der Waals surface area contributed by atoms with Crippen molar-refractivity contribution < 1.29 is 0 Å². The van der Waals surface area contributed by atoms with Gasteiger partial charge in [0.15, 0.2) is 0 Å². The Morgan fingerprint density at radius 2 is 1.56 bits per heavy atom. The average Bonchev–Trinajstić information content (AvgIpc) is 3.12. The molecular weight excluding hydrogens is 316 g/mol. The van der Waals surface area contributed by atoms with Gasteiger partial charge in [0, 0.05) is 0 Å². The Hall–Kier alpha value is 0.217. The van der Waals surface area contributed by atoms with E-state index in [1.54, 1.807) is 57.8 Å². The molecule has 10 atom stereocenters. The molecule has 0 radical (unpaired) electrons. The molecule has 0 aromatic carbocycles. The van der Waals surface area contributed by atoms with E-state index >= 15 is 0 Å². The van der Waals surface area contributed by atoms with E-state index in [0.29, 0.717) is 5.41 Å². The molecule has 4 saturated carbocycles. The van der Waals surface area contributed by atoms with Crippen molar-refractivity contribution in [1.29, 1.82) is 0 Å². The third kappa shape index (κ3) is 2.29. The minimum atomic E-state index is -1.05. The molecule has 1 heteroatoms. The molecule has 0 amide bonds. The van der Waals surface area contributed by atoms with Crippen LogP contribution in [0.25, 0.3) is 0 Å². The summed E-state index contributed by atoms with van der Waals surface area (Å²) in [6.07, 6.45) is 14.4. The minimum Gasteiger partial charge on any atom is -0.0685 e. The predicted octanol–water partition coefficient (Wildman–Crippen LogP) is 7.52. The molecule has 5 fully saturated rings. The monoisotopic (exact) mass is 358 g/mol. The fraction of sp³-hybridized carbons (Fsp3) is 1.00. The molecular formula is C24H42Si. The normalized spacial score (nSPS) is 57.7. The van der Waals surface area contributed by atoms with Crippen LogP contribution >= 0.6 is 0 Å². The van der Waals surface area contributed by atoms with Crippen molar-refractivity contribution in [2.75, 3.05) is 0 Å². The summed E-state index contributed by atoms with van der Waals surface area (Å²) >= 11 is 0. The molecule has 25 heavy (non-hydrogen) atoms. The van der Waals surface area contributed by atoms with Crippen molar-refractivity contribution in [2.24, 2.45) is 40.9 Å². The quantitative estimate of drug-likeness (QED) is 0.425. The Morgan fingerprint density at radius 1 is 0.800 bits per heavy atom. The molecule has 0 bridgehead atoms. The van der Waals surface area contributed by atoms with E-state index in [1.165, 1.54) is 28.5 Å². The van der Waals surface area contributed by atoms with Gasteiger partial charge in [0.25, 0.3) is 0 Å². The molecule has 5 aliphatic rings. The zero-order chi connectivity index (χ0) is 17.6. The van der Waals surface area contributed by atoms with E-state index in [4.69, 9.17) is 0 Å². The second-order valence-corrected chi connectivity index (χ2v) is 17.3. The molecule has 0 nitrogen and oxygen atoms in total. The van der Waals surface area contributed by atoms with Crippen LogP contribution in [0.5, 0.6) is 0 Å². The molecule has 4 aliphatic carbocycles. The summed E-state index contributed by atoms with van der Waals surface area (Å²) in [7, 11) is -1.05. The van der Waals surface area contributed by atoms with Crippen molar-refractivity contribution in [3.63, 3.8) is 0 Å². The Bertz CT molecular complexity index is 533. The van der Waals surface area contributed by atoms with Crippen LogP contribution in [0.2, 0.25) is 23.2 Å². The van der Waals surface area contributed by atoms with Crippen LogP contribution in [0.3, 0.4) is 0 Å². The lowest BCUT2D eigenvalue weighted by molar-refractivity contribution is 0.111. The molecule has 5 rings (SSSR count). The number of hydrogen-bond donors (Lipinski definition) is 0. The van der Waals surface area contributed by atoms with E-state index in [-0.39, 0.29) is 0 Å². The fourth-order valence-corrected chi connectivity index (χ4v) is 18.1. The van der Waals surface area contributed by atoms with Gasteiger partial charge in [-0.1, -0.05) is 66.3 Å². The van der Waals surface area contributed by atoms with Crippen molar-refractivity contribution in [3.05, 3.63) is 0 Å². The van der Waals surface area contributed by atoms with E-state index in [0.717, 1.165) is 23.7 Å². The van der Waals surface area contributed by atoms with Gasteiger partial charge in [0.1, 0.15) is 0 Å². The van der Waals surface area contributed by atoms with Crippen LogP contribution in [-0.2, 0) is 0 Å². The lowest BCUT2D eigenvalue weighted by atomic mass is 9.66. The highest BCUT2D eigenvalue weighted by Gasteiger charge is 2.70. The highest BCUT2D eigenvalue weighted by molar-refractivity contribution is 6.86. The Morgan fingerprint density at radius 3 is 2.32 bits per heavy atom. The molecule has 0 spiro atoms. The third-order valence-electron chi connectivity index (χ3n) is 10.7. The van der Waals surface area contributed by atoms with Gasteiger partial charge in [-0.05, 0) is 83.2 Å². The molecule has 142 valence electrons. The topological polar surface area (TPSA) is 0 Å². The summed E-state index contributed by atoms with van der Waals surface area (Å²) in [5.74, 6) is 6.70. The maximum Gasteiger partial charge on any atom is 0.0609 e. The van der Waals surface area contributed by atoms with Gasteiger partial charge in [-0.3, -0.25) is 0 Å². The van der Waals surface area contributed by atoms with Gasteiger partial charge in [-0.15, -0.1) is 0 Å². The first kappa shape index (κ1) is 17.3. The molecule has 10 unspecified atom stereocenters. The zero-order valence-electron chi connectivity index (χ0n) is 17.6. The van der Waals surface area contributed by atoms with Crippen molar-refractivity contribution in [2.45, 2.75) is 109 Å². The largest absolute Gasteiger partial charge is 0.0685 e. The standard InChI is InChI=1S/C24H42Si/c1-15-13-17-14-18(24(2,3)4)10-11-19(17)23(15)25(5)20-8-6-7-16-9-12-21(25)22(16)20/h15-23H,6-14H2,1-5H3. The summed E-state index contributed by atoms with van der Waals surface area (Å²) in [5, 5.41) is 0. The lowest BCUT2D eigenvalue weighted by Crippen LogP contribution is -2.62. The molecule has 0 aromatic heterocycles. The second kappa shape index (κ2) is 5.61. The molecule has 1 aliphatic heterocycles. The summed E-state index contributed by atoms with van der Waals surface area (Å²) < 4.78 is 0. The van der Waals surface area contributed by atoms with Gasteiger partial charge in [0.05, 0.1) is 8.07 Å². The van der Waals surface area contributed by atoms with Crippen molar-refractivity contribution in [1.82, 2.24) is 0 Å². The van der Waals surface area contributed by atoms with Gasteiger partial charge < -0.3 is 0 Å². The second-order valence-electron chi connectivity index (χ2n) is 12.5. The molecule has 0 aromatic rings. The van der Waals surface area contributed by atoms with Gasteiger partial charge in [-0.25, -0.2) is 0 Å². The van der Waals surface area contributed by atoms with Crippen LogP contribution in [0.1, 0.15) is 85.5 Å². The summed E-state index contributed by atoms with van der Waals surface area (Å²) in [6.45, 7) is 13.1. The maximum atomic E-state index is 2.94. The summed E-state index contributed by atoms with van der Waals surface area (Å²) in [5.41, 5.74) is 4.26. The molecule has 1 saturated heterocycles. The van der Waals surface area contributed by atoms with Crippen LogP contribution in [-0.4, -0.2) is 8.07 Å². The fourth-order valence-electron chi connectivity index (χ4n) is 9.89. The number of fused-ring (bicyclic) bond motifs is 1. The Balaban J connectivity index is 1.40. The minimum absolute atomic E-state index is 0.539. The first-order valence-electron chi connectivity index (χ1n) is 11.8. The van der Waals surface area contributed by atoms with Crippen LogP contribution in [0.15, 0.2) is 0 Å². The van der Waals surface area contributed by atoms with Crippen LogP contribution in [0, 0.1) is 40.9 Å². The molecule has 1 heterocycles. The number of rotatable bonds is 1.